The van der Waals surface area contributed by atoms with Crippen LogP contribution in [-0.4, -0.2) is 54.3 Å². The number of carboxylic acid groups (broad SMARTS) is 1. The Morgan fingerprint density at radius 3 is 2.50 bits per heavy atom. The van der Waals surface area contributed by atoms with Crippen molar-refractivity contribution in [1.82, 2.24) is 8.61 Å². The smallest absolute Gasteiger partial charge is 0.308 e. The van der Waals surface area contributed by atoms with Crippen LogP contribution in [0.3, 0.4) is 0 Å². The summed E-state index contributed by atoms with van der Waals surface area (Å²) in [6, 6.07) is 0. The van der Waals surface area contributed by atoms with Gasteiger partial charge >= 0.3 is 5.97 Å². The summed E-state index contributed by atoms with van der Waals surface area (Å²) in [6.45, 7) is 3.01. The zero-order valence-electron chi connectivity index (χ0n) is 10.3. The van der Waals surface area contributed by atoms with Gasteiger partial charge in [0.05, 0.1) is 5.92 Å². The summed E-state index contributed by atoms with van der Waals surface area (Å²) in [5.41, 5.74) is 0. The second kappa shape index (κ2) is 4.99. The van der Waals surface area contributed by atoms with Crippen molar-refractivity contribution in [1.29, 1.82) is 0 Å². The zero-order valence-corrected chi connectivity index (χ0v) is 11.1. The first-order chi connectivity index (χ1) is 8.43. The van der Waals surface area contributed by atoms with Gasteiger partial charge in [-0.3, -0.25) is 4.79 Å². The number of hydrogen-bond acceptors (Lipinski definition) is 3. The Balaban J connectivity index is 2.12. The third-order valence-electron chi connectivity index (χ3n) is 3.57. The molecule has 0 unspecified atom stereocenters. The molecule has 6 nitrogen and oxygen atoms in total. The number of rotatable bonds is 3. The van der Waals surface area contributed by atoms with E-state index in [-0.39, 0.29) is 12.5 Å². The predicted molar refractivity (Wildman–Crippen MR) is 66.1 cm³/mol. The topological polar surface area (TPSA) is 77.9 Å². The van der Waals surface area contributed by atoms with Crippen molar-refractivity contribution in [3.8, 4) is 0 Å². The first-order valence-corrected chi connectivity index (χ1v) is 7.45. The first-order valence-electron chi connectivity index (χ1n) is 6.06. The van der Waals surface area contributed by atoms with Crippen molar-refractivity contribution < 1.29 is 18.3 Å². The summed E-state index contributed by atoms with van der Waals surface area (Å²) in [5.74, 6) is -1.66. The molecule has 2 aliphatic rings. The van der Waals surface area contributed by atoms with Crippen molar-refractivity contribution in [3.63, 3.8) is 0 Å². The maximum Gasteiger partial charge on any atom is 0.308 e. The Morgan fingerprint density at radius 2 is 2.00 bits per heavy atom. The zero-order chi connectivity index (χ0) is 13.3. The van der Waals surface area contributed by atoms with Crippen molar-refractivity contribution >= 4 is 16.2 Å². The molecule has 2 atom stereocenters. The number of carboxylic acids is 1. The molecule has 7 heteroatoms. The van der Waals surface area contributed by atoms with Crippen LogP contribution in [0.5, 0.6) is 0 Å². The fraction of sp³-hybridized carbons (Fsp3) is 0.727. The lowest BCUT2D eigenvalue weighted by atomic mass is 9.99. The predicted octanol–water partition coefficient (Wildman–Crippen LogP) is 0.146. The Morgan fingerprint density at radius 1 is 1.28 bits per heavy atom. The lowest BCUT2D eigenvalue weighted by molar-refractivity contribution is -0.142. The molecular weight excluding hydrogens is 256 g/mol. The Bertz CT molecular complexity index is 460. The normalized spacial score (nSPS) is 30.7. The van der Waals surface area contributed by atoms with Crippen LogP contribution < -0.4 is 0 Å². The summed E-state index contributed by atoms with van der Waals surface area (Å²) in [5, 5.41) is 9.03. The summed E-state index contributed by atoms with van der Waals surface area (Å²) >= 11 is 0. The van der Waals surface area contributed by atoms with E-state index < -0.39 is 22.1 Å². The summed E-state index contributed by atoms with van der Waals surface area (Å²) in [6.07, 6.45) is 4.50. The molecular formula is C11H18N2O4S. The molecule has 0 aliphatic carbocycles. The fourth-order valence-electron chi connectivity index (χ4n) is 2.42. The highest BCUT2D eigenvalue weighted by Gasteiger charge is 2.42. The van der Waals surface area contributed by atoms with Crippen LogP contribution in [0.4, 0.5) is 0 Å². The third kappa shape index (κ3) is 2.43. The molecule has 0 bridgehead atoms. The van der Waals surface area contributed by atoms with E-state index in [0.29, 0.717) is 26.1 Å². The van der Waals surface area contributed by atoms with E-state index in [4.69, 9.17) is 5.11 Å². The second-order valence-electron chi connectivity index (χ2n) is 4.86. The van der Waals surface area contributed by atoms with E-state index in [0.717, 1.165) is 0 Å². The van der Waals surface area contributed by atoms with Crippen LogP contribution in [0.15, 0.2) is 12.2 Å². The van der Waals surface area contributed by atoms with Gasteiger partial charge < -0.3 is 5.11 Å². The SMILES string of the molecule is C[C@@H]1CN(S(=O)(=O)N2CC=CCC2)C[C@H]1C(=O)O. The van der Waals surface area contributed by atoms with Gasteiger partial charge in [0.1, 0.15) is 0 Å². The average Bonchev–Trinajstić information content (AvgIpc) is 2.73. The van der Waals surface area contributed by atoms with Crippen molar-refractivity contribution in [3.05, 3.63) is 12.2 Å². The Kier molecular flexibility index (Phi) is 3.74. The fourth-order valence-corrected chi connectivity index (χ4v) is 4.13. The molecule has 0 radical (unpaired) electrons. The lowest BCUT2D eigenvalue weighted by Gasteiger charge is -2.27. The molecule has 0 spiro atoms. The van der Waals surface area contributed by atoms with Gasteiger partial charge in [0.15, 0.2) is 0 Å². The standard InChI is InChI=1S/C11H18N2O4S/c1-9-7-13(8-10(9)11(14)15)18(16,17)12-5-3-2-4-6-12/h2-3,9-10H,4-8H2,1H3,(H,14,15)/t9-,10-/m1/s1. The number of nitrogens with zero attached hydrogens (tertiary/aromatic N) is 2. The van der Waals surface area contributed by atoms with Crippen molar-refractivity contribution in [2.24, 2.45) is 11.8 Å². The van der Waals surface area contributed by atoms with E-state index in [9.17, 15) is 13.2 Å². The number of hydrogen-bond donors (Lipinski definition) is 1. The van der Waals surface area contributed by atoms with Gasteiger partial charge in [-0.2, -0.15) is 17.0 Å². The molecule has 2 aliphatic heterocycles. The molecule has 0 aromatic carbocycles. The first kappa shape index (κ1) is 13.5. The molecule has 1 saturated heterocycles. The Labute approximate surface area is 107 Å². The highest BCUT2D eigenvalue weighted by Crippen LogP contribution is 2.27. The lowest BCUT2D eigenvalue weighted by Crippen LogP contribution is -2.44. The maximum atomic E-state index is 12.3. The minimum atomic E-state index is -3.51. The second-order valence-corrected chi connectivity index (χ2v) is 6.79. The van der Waals surface area contributed by atoms with Crippen LogP contribution in [-0.2, 0) is 15.0 Å². The highest BCUT2D eigenvalue weighted by atomic mass is 32.2. The largest absolute Gasteiger partial charge is 0.481 e. The van der Waals surface area contributed by atoms with E-state index in [1.165, 1.54) is 8.61 Å². The van der Waals surface area contributed by atoms with Gasteiger partial charge in [0.2, 0.25) is 0 Å². The molecule has 2 heterocycles. The quantitative estimate of drug-likeness (QED) is 0.743. The minimum Gasteiger partial charge on any atom is -0.481 e. The van der Waals surface area contributed by atoms with Gasteiger partial charge in [-0.1, -0.05) is 19.1 Å². The van der Waals surface area contributed by atoms with Gasteiger partial charge in [-0.25, -0.2) is 0 Å². The summed E-state index contributed by atoms with van der Waals surface area (Å²) in [7, 11) is -3.51. The Hall–Kier alpha value is -0.920. The minimum absolute atomic E-state index is 0.0824. The number of carbonyl (C=O) groups is 1. The molecule has 1 N–H and O–H groups in total. The van der Waals surface area contributed by atoms with Gasteiger partial charge in [0.25, 0.3) is 10.2 Å². The number of aliphatic carboxylic acids is 1. The molecule has 18 heavy (non-hydrogen) atoms. The molecule has 1 fully saturated rings. The van der Waals surface area contributed by atoms with E-state index >= 15 is 0 Å². The van der Waals surface area contributed by atoms with Gasteiger partial charge in [-0.15, -0.1) is 0 Å². The van der Waals surface area contributed by atoms with E-state index in [1.54, 1.807) is 6.92 Å². The van der Waals surface area contributed by atoms with Crippen LogP contribution >= 0.6 is 0 Å². The van der Waals surface area contributed by atoms with Gasteiger partial charge in [-0.05, 0) is 12.3 Å². The molecule has 102 valence electrons. The van der Waals surface area contributed by atoms with Crippen LogP contribution in [0.1, 0.15) is 13.3 Å². The molecule has 0 amide bonds. The van der Waals surface area contributed by atoms with Crippen LogP contribution in [0.25, 0.3) is 0 Å². The molecule has 0 aromatic rings. The molecule has 2 rings (SSSR count). The summed E-state index contributed by atoms with van der Waals surface area (Å²) < 4.78 is 27.4. The monoisotopic (exact) mass is 274 g/mol. The molecule has 0 saturated carbocycles. The third-order valence-corrected chi connectivity index (χ3v) is 5.50. The molecule has 0 aromatic heterocycles. The highest BCUT2D eigenvalue weighted by molar-refractivity contribution is 7.86. The van der Waals surface area contributed by atoms with Crippen molar-refractivity contribution in [2.45, 2.75) is 13.3 Å². The average molecular weight is 274 g/mol. The van der Waals surface area contributed by atoms with Crippen LogP contribution in [0.2, 0.25) is 0 Å². The maximum absolute atomic E-state index is 12.3. The van der Waals surface area contributed by atoms with Crippen LogP contribution in [0, 0.1) is 11.8 Å². The van der Waals surface area contributed by atoms with E-state index in [1.807, 2.05) is 12.2 Å². The van der Waals surface area contributed by atoms with Gasteiger partial charge in [0, 0.05) is 26.2 Å². The van der Waals surface area contributed by atoms with Crippen molar-refractivity contribution in [2.75, 3.05) is 26.2 Å². The summed E-state index contributed by atoms with van der Waals surface area (Å²) in [4.78, 5) is 11.0. The van der Waals surface area contributed by atoms with E-state index in [2.05, 4.69) is 0 Å².